The number of amides is 3. The Labute approximate surface area is 131 Å². The minimum absolute atomic E-state index is 0.414. The fraction of sp³-hybridized carbons (Fsp3) is 0.308. The molecule has 3 amide bonds. The summed E-state index contributed by atoms with van der Waals surface area (Å²) in [6, 6.07) is 7.15. The molecule has 1 aromatic carbocycles. The number of thioether (sulfide) groups is 1. The van der Waals surface area contributed by atoms with E-state index in [1.54, 1.807) is 11.6 Å². The molecule has 0 aliphatic heterocycles. The average molecular weight is 320 g/mol. The van der Waals surface area contributed by atoms with Crippen LogP contribution in [0.2, 0.25) is 0 Å². The van der Waals surface area contributed by atoms with Gasteiger partial charge in [-0.05, 0) is 36.4 Å². The van der Waals surface area contributed by atoms with Crippen molar-refractivity contribution in [3.05, 3.63) is 29.8 Å². The molecule has 0 radical (unpaired) electrons. The Morgan fingerprint density at radius 1 is 1.27 bits per heavy atom. The van der Waals surface area contributed by atoms with Crippen LogP contribution in [0.5, 0.6) is 0 Å². The van der Waals surface area contributed by atoms with Crippen molar-refractivity contribution in [2.45, 2.75) is 24.3 Å². The van der Waals surface area contributed by atoms with Gasteiger partial charge in [0.2, 0.25) is 11.1 Å². The standard InChI is InChI=1S/C13H16N6O2S/c1-8-4-6-10(7-5-8)19-13(16-17-18-19)22-9(2)11(20)15-12(21)14-3/h4-7,9H,1-3H3,(H2,14,15,20,21)/t9-/m1/s1. The van der Waals surface area contributed by atoms with Crippen molar-refractivity contribution >= 4 is 23.7 Å². The molecule has 0 aliphatic rings. The Hall–Kier alpha value is -2.42. The van der Waals surface area contributed by atoms with E-state index in [1.807, 2.05) is 31.2 Å². The number of rotatable bonds is 4. The van der Waals surface area contributed by atoms with E-state index in [0.29, 0.717) is 5.16 Å². The Bertz CT molecular complexity index is 669. The van der Waals surface area contributed by atoms with Gasteiger partial charge >= 0.3 is 6.03 Å². The molecule has 1 atom stereocenters. The average Bonchev–Trinajstić information content (AvgIpc) is 2.95. The van der Waals surface area contributed by atoms with E-state index in [2.05, 4.69) is 26.2 Å². The van der Waals surface area contributed by atoms with Crippen molar-refractivity contribution in [2.24, 2.45) is 0 Å². The number of nitrogens with one attached hydrogen (secondary N) is 2. The van der Waals surface area contributed by atoms with Crippen LogP contribution in [0.4, 0.5) is 4.79 Å². The van der Waals surface area contributed by atoms with Crippen LogP contribution in [0.25, 0.3) is 5.69 Å². The molecule has 2 rings (SSSR count). The number of benzene rings is 1. The Morgan fingerprint density at radius 2 is 1.95 bits per heavy atom. The highest BCUT2D eigenvalue weighted by atomic mass is 32.2. The highest BCUT2D eigenvalue weighted by Crippen LogP contribution is 2.22. The van der Waals surface area contributed by atoms with Crippen LogP contribution in [0.15, 0.2) is 29.4 Å². The van der Waals surface area contributed by atoms with Gasteiger partial charge in [-0.2, -0.15) is 4.68 Å². The van der Waals surface area contributed by atoms with Crippen LogP contribution in [-0.2, 0) is 4.79 Å². The highest BCUT2D eigenvalue weighted by molar-refractivity contribution is 8.00. The summed E-state index contributed by atoms with van der Waals surface area (Å²) in [7, 11) is 1.44. The van der Waals surface area contributed by atoms with Gasteiger partial charge in [0.15, 0.2) is 0 Å². The van der Waals surface area contributed by atoms with Gasteiger partial charge in [-0.15, -0.1) is 5.10 Å². The highest BCUT2D eigenvalue weighted by Gasteiger charge is 2.20. The van der Waals surface area contributed by atoms with Crippen molar-refractivity contribution in [1.82, 2.24) is 30.8 Å². The summed E-state index contributed by atoms with van der Waals surface area (Å²) in [6.45, 7) is 3.67. The molecule has 8 nitrogen and oxygen atoms in total. The van der Waals surface area contributed by atoms with Gasteiger partial charge in [0.25, 0.3) is 0 Å². The zero-order valence-electron chi connectivity index (χ0n) is 12.4. The van der Waals surface area contributed by atoms with Crippen molar-refractivity contribution in [3.8, 4) is 5.69 Å². The van der Waals surface area contributed by atoms with Crippen LogP contribution >= 0.6 is 11.8 Å². The first-order valence-corrected chi connectivity index (χ1v) is 7.44. The normalized spacial score (nSPS) is 11.8. The third kappa shape index (κ3) is 3.82. The summed E-state index contributed by atoms with van der Waals surface area (Å²) in [6.07, 6.45) is 0. The maximum absolute atomic E-state index is 11.9. The lowest BCUT2D eigenvalue weighted by Gasteiger charge is -2.10. The Balaban J connectivity index is 2.11. The van der Waals surface area contributed by atoms with Gasteiger partial charge < -0.3 is 5.32 Å². The second kappa shape index (κ2) is 7.03. The molecule has 1 heterocycles. The molecule has 9 heteroatoms. The molecule has 1 aromatic heterocycles. The molecular weight excluding hydrogens is 304 g/mol. The molecule has 22 heavy (non-hydrogen) atoms. The topological polar surface area (TPSA) is 102 Å². The van der Waals surface area contributed by atoms with Gasteiger partial charge in [-0.25, -0.2) is 4.79 Å². The fourth-order valence-electron chi connectivity index (χ4n) is 1.59. The largest absolute Gasteiger partial charge is 0.341 e. The van der Waals surface area contributed by atoms with Crippen molar-refractivity contribution in [3.63, 3.8) is 0 Å². The summed E-state index contributed by atoms with van der Waals surface area (Å²) in [5.41, 5.74) is 1.93. The van der Waals surface area contributed by atoms with Gasteiger partial charge in [0, 0.05) is 7.05 Å². The molecule has 0 aliphatic carbocycles. The third-order valence-electron chi connectivity index (χ3n) is 2.83. The number of tetrazole rings is 1. The third-order valence-corrected chi connectivity index (χ3v) is 3.87. The first kappa shape index (κ1) is 16.0. The van der Waals surface area contributed by atoms with Crippen LogP contribution in [0.1, 0.15) is 12.5 Å². The lowest BCUT2D eigenvalue weighted by atomic mass is 10.2. The van der Waals surface area contributed by atoms with E-state index in [4.69, 9.17) is 0 Å². The molecular formula is C13H16N6O2S. The molecule has 0 bridgehead atoms. The van der Waals surface area contributed by atoms with Crippen LogP contribution in [0.3, 0.4) is 0 Å². The van der Waals surface area contributed by atoms with Crippen LogP contribution in [0, 0.1) is 6.92 Å². The van der Waals surface area contributed by atoms with E-state index in [0.717, 1.165) is 11.3 Å². The number of hydrogen-bond acceptors (Lipinski definition) is 6. The van der Waals surface area contributed by atoms with E-state index < -0.39 is 17.2 Å². The number of hydrogen-bond donors (Lipinski definition) is 2. The van der Waals surface area contributed by atoms with E-state index in [1.165, 1.54) is 18.8 Å². The smallest absolute Gasteiger partial charge is 0.321 e. The second-order valence-corrected chi connectivity index (χ2v) is 5.85. The predicted molar refractivity (Wildman–Crippen MR) is 81.8 cm³/mol. The number of carbonyl (C=O) groups excluding carboxylic acids is 2. The molecule has 2 aromatic rings. The Kier molecular flexibility index (Phi) is 5.10. The number of imide groups is 1. The van der Waals surface area contributed by atoms with Gasteiger partial charge in [0.1, 0.15) is 0 Å². The summed E-state index contributed by atoms with van der Waals surface area (Å²) < 4.78 is 1.55. The van der Waals surface area contributed by atoms with E-state index in [-0.39, 0.29) is 0 Å². The van der Waals surface area contributed by atoms with Gasteiger partial charge in [-0.3, -0.25) is 10.1 Å². The van der Waals surface area contributed by atoms with E-state index >= 15 is 0 Å². The minimum atomic E-state index is -0.546. The first-order chi connectivity index (χ1) is 10.5. The summed E-state index contributed by atoms with van der Waals surface area (Å²) in [4.78, 5) is 23.0. The maximum atomic E-state index is 11.9. The van der Waals surface area contributed by atoms with Crippen molar-refractivity contribution in [2.75, 3.05) is 7.05 Å². The zero-order valence-corrected chi connectivity index (χ0v) is 13.2. The molecule has 0 saturated heterocycles. The number of aromatic nitrogens is 4. The lowest BCUT2D eigenvalue weighted by molar-refractivity contribution is -0.119. The van der Waals surface area contributed by atoms with Gasteiger partial charge in [0.05, 0.1) is 10.9 Å². The lowest BCUT2D eigenvalue weighted by Crippen LogP contribution is -2.41. The second-order valence-electron chi connectivity index (χ2n) is 4.54. The number of aryl methyl sites for hydroxylation is 1. The van der Waals surface area contributed by atoms with Crippen LogP contribution in [-0.4, -0.2) is 44.4 Å². The summed E-state index contributed by atoms with van der Waals surface area (Å²) >= 11 is 1.17. The molecule has 0 unspecified atom stereocenters. The molecule has 0 saturated carbocycles. The van der Waals surface area contributed by atoms with Crippen molar-refractivity contribution < 1.29 is 9.59 Å². The molecule has 2 N–H and O–H groups in total. The predicted octanol–water partition coefficient (Wildman–Crippen LogP) is 0.907. The zero-order chi connectivity index (χ0) is 16.1. The number of nitrogens with zero attached hydrogens (tertiary/aromatic N) is 4. The molecule has 0 fully saturated rings. The molecule has 0 spiro atoms. The van der Waals surface area contributed by atoms with Crippen LogP contribution < -0.4 is 10.6 Å². The quantitative estimate of drug-likeness (QED) is 0.812. The maximum Gasteiger partial charge on any atom is 0.321 e. The Morgan fingerprint density at radius 3 is 2.59 bits per heavy atom. The monoisotopic (exact) mass is 320 g/mol. The number of urea groups is 1. The molecule has 116 valence electrons. The summed E-state index contributed by atoms with van der Waals surface area (Å²) in [5, 5.41) is 16.0. The SMILES string of the molecule is CNC(=O)NC(=O)[C@@H](C)Sc1nnnn1-c1ccc(C)cc1. The first-order valence-electron chi connectivity index (χ1n) is 6.56. The minimum Gasteiger partial charge on any atom is -0.341 e. The van der Waals surface area contributed by atoms with Gasteiger partial charge in [-0.1, -0.05) is 29.5 Å². The van der Waals surface area contributed by atoms with Crippen molar-refractivity contribution in [1.29, 1.82) is 0 Å². The number of carbonyl (C=O) groups is 2. The van der Waals surface area contributed by atoms with E-state index in [9.17, 15) is 9.59 Å². The fourth-order valence-corrected chi connectivity index (χ4v) is 2.40. The summed E-state index contributed by atoms with van der Waals surface area (Å²) in [5.74, 6) is -0.414.